The molecule has 0 spiro atoms. The molecule has 7 heteroatoms. The molecule has 0 aliphatic carbocycles. The highest BCUT2D eigenvalue weighted by atomic mass is 32.2. The molecular formula is C24H32N2O4S. The molecule has 1 N–H and O–H groups in total. The van der Waals surface area contributed by atoms with E-state index in [0.717, 1.165) is 22.6 Å². The normalized spacial score (nSPS) is 11.7. The molecule has 1 unspecified atom stereocenters. The third kappa shape index (κ3) is 7.83. The first kappa shape index (κ1) is 24.6. The zero-order valence-corrected chi connectivity index (χ0v) is 19.7. The molecule has 0 saturated carbocycles. The zero-order valence-electron chi connectivity index (χ0n) is 18.9. The van der Waals surface area contributed by atoms with Crippen LogP contribution in [0.25, 0.3) is 0 Å². The van der Waals surface area contributed by atoms with Crippen LogP contribution in [0.2, 0.25) is 0 Å². The number of benzene rings is 2. The van der Waals surface area contributed by atoms with Gasteiger partial charge in [0.25, 0.3) is 0 Å². The summed E-state index contributed by atoms with van der Waals surface area (Å²) in [6, 6.07) is 14.8. The SMILES string of the molecule is COc1ccc(CSCC(=O)N(Cc2cccc(OC)c2)C(C)C(=O)NC(C)C)cc1. The van der Waals surface area contributed by atoms with Gasteiger partial charge in [0.15, 0.2) is 0 Å². The standard InChI is InChI=1S/C24H32N2O4S/c1-17(2)25-24(28)18(3)26(14-20-7-6-8-22(13-20)30-5)23(27)16-31-15-19-9-11-21(29-4)12-10-19/h6-13,17-18H,14-16H2,1-5H3,(H,25,28). The first-order chi connectivity index (χ1) is 14.8. The lowest BCUT2D eigenvalue weighted by molar-refractivity contribution is -0.138. The number of hydrogen-bond donors (Lipinski definition) is 1. The van der Waals surface area contributed by atoms with Crippen molar-refractivity contribution in [2.45, 2.75) is 45.2 Å². The van der Waals surface area contributed by atoms with Crippen molar-refractivity contribution in [3.63, 3.8) is 0 Å². The number of hydrogen-bond acceptors (Lipinski definition) is 5. The Kier molecular flexibility index (Phi) is 9.72. The van der Waals surface area contributed by atoms with Crippen molar-refractivity contribution in [2.24, 2.45) is 0 Å². The van der Waals surface area contributed by atoms with Gasteiger partial charge in [0.1, 0.15) is 17.5 Å². The molecule has 1 atom stereocenters. The van der Waals surface area contributed by atoms with E-state index in [1.165, 1.54) is 11.8 Å². The van der Waals surface area contributed by atoms with E-state index >= 15 is 0 Å². The number of nitrogens with zero attached hydrogens (tertiary/aromatic N) is 1. The molecule has 0 bridgehead atoms. The summed E-state index contributed by atoms with van der Waals surface area (Å²) in [6.45, 7) is 5.92. The van der Waals surface area contributed by atoms with Gasteiger partial charge in [-0.2, -0.15) is 0 Å². The van der Waals surface area contributed by atoms with Crippen molar-refractivity contribution >= 4 is 23.6 Å². The van der Waals surface area contributed by atoms with Crippen LogP contribution in [0.15, 0.2) is 48.5 Å². The third-order valence-electron chi connectivity index (χ3n) is 4.74. The van der Waals surface area contributed by atoms with Crippen LogP contribution in [0.1, 0.15) is 31.9 Å². The van der Waals surface area contributed by atoms with E-state index in [0.29, 0.717) is 12.3 Å². The summed E-state index contributed by atoms with van der Waals surface area (Å²) >= 11 is 1.53. The smallest absolute Gasteiger partial charge is 0.242 e. The number of amides is 2. The minimum Gasteiger partial charge on any atom is -0.497 e. The lowest BCUT2D eigenvalue weighted by Crippen LogP contribution is -2.49. The minimum absolute atomic E-state index is 0.00756. The number of ether oxygens (including phenoxy) is 2. The average Bonchev–Trinajstić information content (AvgIpc) is 2.77. The van der Waals surface area contributed by atoms with Gasteiger partial charge in [0.05, 0.1) is 20.0 Å². The van der Waals surface area contributed by atoms with Gasteiger partial charge in [-0.3, -0.25) is 9.59 Å². The number of nitrogens with one attached hydrogen (secondary N) is 1. The lowest BCUT2D eigenvalue weighted by Gasteiger charge is -2.29. The number of carbonyl (C=O) groups excluding carboxylic acids is 2. The Hall–Kier alpha value is -2.67. The molecule has 0 aromatic heterocycles. The van der Waals surface area contributed by atoms with E-state index < -0.39 is 6.04 Å². The van der Waals surface area contributed by atoms with E-state index in [9.17, 15) is 9.59 Å². The van der Waals surface area contributed by atoms with Crippen LogP contribution in [0.3, 0.4) is 0 Å². The molecule has 0 fully saturated rings. The van der Waals surface area contributed by atoms with Gasteiger partial charge in [0.2, 0.25) is 11.8 Å². The molecule has 2 aromatic carbocycles. The minimum atomic E-state index is -0.581. The second kappa shape index (κ2) is 12.2. The highest BCUT2D eigenvalue weighted by Gasteiger charge is 2.26. The molecule has 0 heterocycles. The van der Waals surface area contributed by atoms with Crippen LogP contribution in [-0.2, 0) is 21.9 Å². The Bertz CT molecular complexity index is 855. The van der Waals surface area contributed by atoms with Crippen LogP contribution >= 0.6 is 11.8 Å². The summed E-state index contributed by atoms with van der Waals surface area (Å²) in [6.07, 6.45) is 0. The van der Waals surface area contributed by atoms with Gasteiger partial charge >= 0.3 is 0 Å². The van der Waals surface area contributed by atoms with Crippen molar-refractivity contribution in [2.75, 3.05) is 20.0 Å². The van der Waals surface area contributed by atoms with Gasteiger partial charge < -0.3 is 19.7 Å². The van der Waals surface area contributed by atoms with E-state index in [1.54, 1.807) is 26.0 Å². The first-order valence-electron chi connectivity index (χ1n) is 10.3. The Morgan fingerprint density at radius 3 is 2.26 bits per heavy atom. The van der Waals surface area contributed by atoms with Crippen LogP contribution < -0.4 is 14.8 Å². The lowest BCUT2D eigenvalue weighted by atomic mass is 10.1. The molecule has 0 aliphatic rings. The summed E-state index contributed by atoms with van der Waals surface area (Å²) in [5.74, 6) is 2.28. The van der Waals surface area contributed by atoms with Gasteiger partial charge in [-0.1, -0.05) is 24.3 Å². The van der Waals surface area contributed by atoms with Crippen LogP contribution in [0.5, 0.6) is 11.5 Å². The zero-order chi connectivity index (χ0) is 22.8. The monoisotopic (exact) mass is 444 g/mol. The van der Waals surface area contributed by atoms with E-state index in [4.69, 9.17) is 9.47 Å². The Morgan fingerprint density at radius 2 is 1.65 bits per heavy atom. The predicted octanol–water partition coefficient (Wildman–Crippen LogP) is 3.88. The fraction of sp³-hybridized carbons (Fsp3) is 0.417. The Morgan fingerprint density at radius 1 is 0.968 bits per heavy atom. The van der Waals surface area contributed by atoms with Crippen molar-refractivity contribution in [3.8, 4) is 11.5 Å². The maximum absolute atomic E-state index is 13.1. The molecule has 2 aromatic rings. The van der Waals surface area contributed by atoms with Crippen LogP contribution in [0.4, 0.5) is 0 Å². The van der Waals surface area contributed by atoms with Crippen molar-refractivity contribution < 1.29 is 19.1 Å². The summed E-state index contributed by atoms with van der Waals surface area (Å²) in [5.41, 5.74) is 2.03. The van der Waals surface area contributed by atoms with E-state index in [2.05, 4.69) is 5.32 Å². The van der Waals surface area contributed by atoms with Crippen LogP contribution in [0, 0.1) is 0 Å². The van der Waals surface area contributed by atoms with Gasteiger partial charge in [-0.15, -0.1) is 11.8 Å². The third-order valence-corrected chi connectivity index (χ3v) is 5.73. The molecule has 168 valence electrons. The maximum atomic E-state index is 13.1. The molecule has 0 radical (unpaired) electrons. The molecule has 0 aliphatic heterocycles. The molecule has 31 heavy (non-hydrogen) atoms. The highest BCUT2D eigenvalue weighted by molar-refractivity contribution is 7.99. The topological polar surface area (TPSA) is 67.9 Å². The molecule has 0 saturated heterocycles. The van der Waals surface area contributed by atoms with Gasteiger partial charge in [0, 0.05) is 18.3 Å². The first-order valence-corrected chi connectivity index (χ1v) is 11.4. The predicted molar refractivity (Wildman–Crippen MR) is 125 cm³/mol. The van der Waals surface area contributed by atoms with E-state index in [-0.39, 0.29) is 23.6 Å². The van der Waals surface area contributed by atoms with Gasteiger partial charge in [-0.25, -0.2) is 0 Å². The van der Waals surface area contributed by atoms with Gasteiger partial charge in [-0.05, 0) is 56.2 Å². The number of thioether (sulfide) groups is 1. The molecular weight excluding hydrogens is 412 g/mol. The fourth-order valence-electron chi connectivity index (χ4n) is 3.02. The van der Waals surface area contributed by atoms with Crippen molar-refractivity contribution in [3.05, 3.63) is 59.7 Å². The quantitative estimate of drug-likeness (QED) is 0.570. The second-order valence-electron chi connectivity index (χ2n) is 7.55. The molecule has 6 nitrogen and oxygen atoms in total. The summed E-state index contributed by atoms with van der Waals surface area (Å²) in [5, 5.41) is 2.90. The Balaban J connectivity index is 2.07. The highest BCUT2D eigenvalue weighted by Crippen LogP contribution is 2.20. The fourth-order valence-corrected chi connectivity index (χ4v) is 3.89. The molecule has 2 rings (SSSR count). The van der Waals surface area contributed by atoms with Crippen molar-refractivity contribution in [1.82, 2.24) is 10.2 Å². The largest absolute Gasteiger partial charge is 0.497 e. The van der Waals surface area contributed by atoms with Crippen molar-refractivity contribution in [1.29, 1.82) is 0 Å². The number of carbonyl (C=O) groups is 2. The Labute approximate surface area is 189 Å². The summed E-state index contributed by atoms with van der Waals surface area (Å²) in [7, 11) is 3.24. The molecule has 2 amide bonds. The van der Waals surface area contributed by atoms with Crippen LogP contribution in [-0.4, -0.2) is 48.8 Å². The second-order valence-corrected chi connectivity index (χ2v) is 8.54. The number of rotatable bonds is 11. The summed E-state index contributed by atoms with van der Waals surface area (Å²) in [4.78, 5) is 27.4. The van der Waals surface area contributed by atoms with E-state index in [1.807, 2.05) is 62.4 Å². The maximum Gasteiger partial charge on any atom is 0.242 e. The average molecular weight is 445 g/mol. The number of methoxy groups -OCH3 is 2. The summed E-state index contributed by atoms with van der Waals surface area (Å²) < 4.78 is 10.5.